The Kier molecular flexibility index (Phi) is 7.99. The Morgan fingerprint density at radius 3 is 2.62 bits per heavy atom. The van der Waals surface area contributed by atoms with Crippen molar-refractivity contribution in [3.8, 4) is 0 Å². The quantitative estimate of drug-likeness (QED) is 0.557. The highest BCUT2D eigenvalue weighted by molar-refractivity contribution is 7.99. The number of piperidine rings is 1. The van der Waals surface area contributed by atoms with Crippen LogP contribution >= 0.6 is 23.4 Å². The van der Waals surface area contributed by atoms with Crippen molar-refractivity contribution in [2.75, 3.05) is 18.8 Å². The van der Waals surface area contributed by atoms with E-state index in [1.165, 1.54) is 25.3 Å². The van der Waals surface area contributed by atoms with Gasteiger partial charge in [-0.05, 0) is 74.0 Å². The highest BCUT2D eigenvalue weighted by Gasteiger charge is 2.15. The van der Waals surface area contributed by atoms with Crippen molar-refractivity contribution in [2.45, 2.75) is 51.1 Å². The van der Waals surface area contributed by atoms with E-state index >= 15 is 0 Å². The second-order valence-corrected chi connectivity index (χ2v) is 9.18. The van der Waals surface area contributed by atoms with Crippen LogP contribution in [-0.4, -0.2) is 29.6 Å². The Morgan fingerprint density at radius 2 is 1.93 bits per heavy atom. The number of carbonyl (C=O) groups excluding carboxylic acids is 1. The molecular formula is C23H28ClFN2OS. The van der Waals surface area contributed by atoms with Gasteiger partial charge in [0.15, 0.2) is 0 Å². The lowest BCUT2D eigenvalue weighted by Crippen LogP contribution is -2.29. The van der Waals surface area contributed by atoms with Crippen LogP contribution < -0.4 is 5.32 Å². The molecule has 1 aliphatic heterocycles. The molecule has 3 rings (SSSR count). The average Bonchev–Trinajstić information content (AvgIpc) is 2.70. The zero-order valence-corrected chi connectivity index (χ0v) is 18.6. The number of rotatable bonds is 7. The predicted molar refractivity (Wildman–Crippen MR) is 119 cm³/mol. The Labute approximate surface area is 182 Å². The summed E-state index contributed by atoms with van der Waals surface area (Å²) in [5, 5.41) is 3.56. The van der Waals surface area contributed by atoms with Crippen LogP contribution in [0.5, 0.6) is 0 Å². The fourth-order valence-electron chi connectivity index (χ4n) is 3.73. The third-order valence-corrected chi connectivity index (χ3v) is 6.58. The average molecular weight is 435 g/mol. The molecule has 0 atom stereocenters. The number of amides is 1. The van der Waals surface area contributed by atoms with Crippen LogP contribution in [0.2, 0.25) is 5.02 Å². The summed E-state index contributed by atoms with van der Waals surface area (Å²) in [5.74, 6) is 0.343. The number of thioether (sulfide) groups is 1. The number of aryl methyl sites for hydroxylation is 1. The SMILES string of the molecule is CCSc1c(C)cc(Cl)cc1CNC(=O)c1ccc(CN2CCCCC2)c(F)c1. The minimum absolute atomic E-state index is 0.279. The second-order valence-electron chi connectivity index (χ2n) is 7.47. The zero-order valence-electron chi connectivity index (χ0n) is 17.1. The molecule has 0 aromatic heterocycles. The van der Waals surface area contributed by atoms with Crippen molar-refractivity contribution in [2.24, 2.45) is 0 Å². The summed E-state index contributed by atoms with van der Waals surface area (Å²) >= 11 is 7.93. The van der Waals surface area contributed by atoms with Crippen LogP contribution in [0.25, 0.3) is 0 Å². The van der Waals surface area contributed by atoms with E-state index in [1.807, 2.05) is 19.1 Å². The first-order valence-electron chi connectivity index (χ1n) is 10.2. The fraction of sp³-hybridized carbons (Fsp3) is 0.435. The van der Waals surface area contributed by atoms with Gasteiger partial charge in [-0.25, -0.2) is 4.39 Å². The van der Waals surface area contributed by atoms with Crippen LogP contribution in [-0.2, 0) is 13.1 Å². The molecule has 29 heavy (non-hydrogen) atoms. The van der Waals surface area contributed by atoms with Crippen molar-refractivity contribution in [3.63, 3.8) is 0 Å². The number of benzene rings is 2. The summed E-state index contributed by atoms with van der Waals surface area (Å²) in [5.41, 5.74) is 3.07. The normalized spacial score (nSPS) is 14.8. The maximum Gasteiger partial charge on any atom is 0.251 e. The monoisotopic (exact) mass is 434 g/mol. The summed E-state index contributed by atoms with van der Waals surface area (Å²) in [4.78, 5) is 16.0. The van der Waals surface area contributed by atoms with Crippen LogP contribution in [0.1, 0.15) is 53.2 Å². The maximum atomic E-state index is 14.6. The van der Waals surface area contributed by atoms with Gasteiger partial charge in [-0.15, -0.1) is 11.8 Å². The first kappa shape index (κ1) is 22.1. The second kappa shape index (κ2) is 10.5. The molecule has 2 aromatic carbocycles. The van der Waals surface area contributed by atoms with E-state index in [4.69, 9.17) is 11.6 Å². The first-order valence-corrected chi connectivity index (χ1v) is 11.5. The molecule has 0 spiro atoms. The molecule has 0 saturated carbocycles. The molecular weight excluding hydrogens is 407 g/mol. The molecule has 0 bridgehead atoms. The first-order chi connectivity index (χ1) is 14.0. The van der Waals surface area contributed by atoms with E-state index in [1.54, 1.807) is 23.9 Å². The molecule has 0 unspecified atom stereocenters. The number of nitrogens with one attached hydrogen (secondary N) is 1. The summed E-state index contributed by atoms with van der Waals surface area (Å²) in [7, 11) is 0. The highest BCUT2D eigenvalue weighted by Crippen LogP contribution is 2.29. The lowest BCUT2D eigenvalue weighted by molar-refractivity contribution is 0.0950. The van der Waals surface area contributed by atoms with E-state index < -0.39 is 0 Å². The number of nitrogens with zero attached hydrogens (tertiary/aromatic N) is 1. The van der Waals surface area contributed by atoms with Gasteiger partial charge in [0.05, 0.1) is 0 Å². The number of halogens is 2. The fourth-order valence-corrected chi connectivity index (χ4v) is 4.92. The zero-order chi connectivity index (χ0) is 20.8. The van der Waals surface area contributed by atoms with Gasteiger partial charge < -0.3 is 5.32 Å². The molecule has 2 aromatic rings. The minimum Gasteiger partial charge on any atom is -0.348 e. The van der Waals surface area contributed by atoms with E-state index in [9.17, 15) is 9.18 Å². The number of hydrogen-bond acceptors (Lipinski definition) is 3. The van der Waals surface area contributed by atoms with Crippen LogP contribution in [0, 0.1) is 12.7 Å². The van der Waals surface area contributed by atoms with Gasteiger partial charge in [-0.3, -0.25) is 9.69 Å². The summed E-state index contributed by atoms with van der Waals surface area (Å²) in [6.45, 7) is 7.10. The van der Waals surface area contributed by atoms with Crippen molar-refractivity contribution >= 4 is 29.3 Å². The Bertz CT molecular complexity index is 868. The number of carbonyl (C=O) groups is 1. The molecule has 156 valence electrons. The van der Waals surface area contributed by atoms with E-state index in [0.717, 1.165) is 34.9 Å². The van der Waals surface area contributed by atoms with Crippen molar-refractivity contribution < 1.29 is 9.18 Å². The standard InChI is InChI=1S/C23H28ClFN2OS/c1-3-29-22-16(2)11-20(24)12-19(22)14-26-23(28)17-7-8-18(21(25)13-17)15-27-9-5-4-6-10-27/h7-8,11-13H,3-6,9-10,14-15H2,1-2H3,(H,26,28). The molecule has 1 fully saturated rings. The molecule has 6 heteroatoms. The van der Waals surface area contributed by atoms with Gasteiger partial charge in [-0.1, -0.05) is 31.0 Å². The van der Waals surface area contributed by atoms with Crippen molar-refractivity contribution in [1.82, 2.24) is 10.2 Å². The Hall–Kier alpha value is -1.56. The summed E-state index contributed by atoms with van der Waals surface area (Å²) in [6.07, 6.45) is 3.59. The van der Waals surface area contributed by atoms with Gasteiger partial charge >= 0.3 is 0 Å². The topological polar surface area (TPSA) is 32.3 Å². The van der Waals surface area contributed by atoms with Crippen LogP contribution in [0.3, 0.4) is 0 Å². The molecule has 1 N–H and O–H groups in total. The lowest BCUT2D eigenvalue weighted by atomic mass is 10.1. The van der Waals surface area contributed by atoms with Crippen LogP contribution in [0.15, 0.2) is 35.2 Å². The molecule has 1 aliphatic rings. The Morgan fingerprint density at radius 1 is 1.17 bits per heavy atom. The smallest absolute Gasteiger partial charge is 0.251 e. The largest absolute Gasteiger partial charge is 0.348 e. The molecule has 3 nitrogen and oxygen atoms in total. The van der Waals surface area contributed by atoms with Crippen LogP contribution in [0.4, 0.5) is 4.39 Å². The van der Waals surface area contributed by atoms with Crippen molar-refractivity contribution in [1.29, 1.82) is 0 Å². The molecule has 0 radical (unpaired) electrons. The highest BCUT2D eigenvalue weighted by atomic mass is 35.5. The Balaban J connectivity index is 1.66. The summed E-state index contributed by atoms with van der Waals surface area (Å²) < 4.78 is 14.6. The van der Waals surface area contributed by atoms with E-state index in [2.05, 4.69) is 17.1 Å². The van der Waals surface area contributed by atoms with E-state index in [-0.39, 0.29) is 11.7 Å². The van der Waals surface area contributed by atoms with Gasteiger partial charge in [0.25, 0.3) is 5.91 Å². The molecule has 0 aliphatic carbocycles. The third kappa shape index (κ3) is 5.97. The van der Waals surface area contributed by atoms with Gasteiger partial charge in [0.2, 0.25) is 0 Å². The molecule has 1 heterocycles. The van der Waals surface area contributed by atoms with Gasteiger partial charge in [0, 0.05) is 34.1 Å². The van der Waals surface area contributed by atoms with Gasteiger partial charge in [-0.2, -0.15) is 0 Å². The maximum absolute atomic E-state index is 14.6. The van der Waals surface area contributed by atoms with Crippen molar-refractivity contribution in [3.05, 3.63) is 63.4 Å². The minimum atomic E-state index is -0.316. The number of likely N-dealkylation sites (tertiary alicyclic amines) is 1. The molecule has 1 amide bonds. The number of hydrogen-bond donors (Lipinski definition) is 1. The van der Waals surface area contributed by atoms with Gasteiger partial charge in [0.1, 0.15) is 5.82 Å². The van der Waals surface area contributed by atoms with E-state index in [0.29, 0.717) is 29.2 Å². The lowest BCUT2D eigenvalue weighted by Gasteiger charge is -2.26. The third-order valence-electron chi connectivity index (χ3n) is 5.20. The predicted octanol–water partition coefficient (Wildman–Crippen LogP) is 5.82. The summed E-state index contributed by atoms with van der Waals surface area (Å²) in [6, 6.07) is 8.61. The molecule has 1 saturated heterocycles.